The van der Waals surface area contributed by atoms with Crippen molar-refractivity contribution in [1.29, 1.82) is 5.26 Å². The van der Waals surface area contributed by atoms with Crippen LogP contribution in [-0.2, 0) is 0 Å². The highest BCUT2D eigenvalue weighted by Gasteiger charge is 2.37. The van der Waals surface area contributed by atoms with Gasteiger partial charge < -0.3 is 20.5 Å². The number of nitrogens with one attached hydrogen (secondary N) is 1. The van der Waals surface area contributed by atoms with Gasteiger partial charge in [0.25, 0.3) is 0 Å². The summed E-state index contributed by atoms with van der Waals surface area (Å²) >= 11 is 4.25. The quantitative estimate of drug-likeness (QED) is 0.203. The summed E-state index contributed by atoms with van der Waals surface area (Å²) in [6, 6.07) is 6.19. The smallest absolute Gasteiger partial charge is 0.391 e. The van der Waals surface area contributed by atoms with Crippen LogP contribution in [0.3, 0.4) is 0 Å². The number of hydrogen-bond acceptors (Lipinski definition) is 6. The minimum Gasteiger partial charge on any atom is -0.488 e. The predicted octanol–water partition coefficient (Wildman–Crippen LogP) is 4.11. The number of hydrogen-bond donors (Lipinski definition) is 3. The molecule has 1 aromatic rings. The molecular formula is C18H24F4N3O2PS. The van der Waals surface area contributed by atoms with E-state index in [4.69, 9.17) is 20.5 Å². The lowest BCUT2D eigenvalue weighted by Crippen LogP contribution is -2.29. The number of nitriles is 1. The maximum atomic E-state index is 13.0. The maximum Gasteiger partial charge on any atom is 0.391 e. The molecule has 3 atom stereocenters. The summed E-state index contributed by atoms with van der Waals surface area (Å²) in [5.41, 5.74) is 6.35. The van der Waals surface area contributed by atoms with Crippen LogP contribution in [-0.4, -0.2) is 32.0 Å². The molecule has 0 aromatic heterocycles. The summed E-state index contributed by atoms with van der Waals surface area (Å²) in [7, 11) is 1.81. The molecule has 0 radical (unpaired) electrons. The molecule has 0 spiro atoms. The van der Waals surface area contributed by atoms with E-state index in [0.717, 1.165) is 0 Å². The molecule has 3 N–H and O–H groups in total. The van der Waals surface area contributed by atoms with Crippen molar-refractivity contribution in [3.8, 4) is 17.6 Å². The van der Waals surface area contributed by atoms with Gasteiger partial charge in [0.1, 0.15) is 24.2 Å². The zero-order chi connectivity index (χ0) is 22.0. The normalized spacial score (nSPS) is 14.6. The second kappa shape index (κ2) is 12.1. The first kappa shape index (κ1) is 25.3. The van der Waals surface area contributed by atoms with Crippen LogP contribution in [0.1, 0.15) is 25.3 Å². The van der Waals surface area contributed by atoms with Crippen LogP contribution in [0.2, 0.25) is 0 Å². The van der Waals surface area contributed by atoms with Gasteiger partial charge in [-0.3, -0.25) is 0 Å². The molecule has 0 saturated heterocycles. The van der Waals surface area contributed by atoms with Gasteiger partial charge in [-0.25, -0.2) is 0 Å². The Labute approximate surface area is 175 Å². The first-order valence-electron chi connectivity index (χ1n) is 8.75. The van der Waals surface area contributed by atoms with Crippen LogP contribution in [0.15, 0.2) is 28.8 Å². The molecule has 1 rings (SSSR count). The predicted molar refractivity (Wildman–Crippen MR) is 109 cm³/mol. The lowest BCUT2D eigenvalue weighted by molar-refractivity contribution is -0.176. The number of ether oxygens (including phenoxy) is 2. The Bertz CT molecular complexity index is 739. The van der Waals surface area contributed by atoms with E-state index in [-0.39, 0.29) is 43.9 Å². The highest BCUT2D eigenvalue weighted by atomic mass is 32.1. The third-order valence-electron chi connectivity index (χ3n) is 4.00. The van der Waals surface area contributed by atoms with E-state index in [0.29, 0.717) is 16.4 Å². The Kier molecular flexibility index (Phi) is 10.6. The number of thiol groups is 1. The van der Waals surface area contributed by atoms with Gasteiger partial charge in [-0.05, 0) is 31.5 Å². The van der Waals surface area contributed by atoms with Gasteiger partial charge >= 0.3 is 6.18 Å². The van der Waals surface area contributed by atoms with Crippen molar-refractivity contribution in [2.75, 3.05) is 19.7 Å². The van der Waals surface area contributed by atoms with Crippen LogP contribution >= 0.6 is 21.9 Å². The van der Waals surface area contributed by atoms with E-state index >= 15 is 0 Å². The Hall–Kier alpha value is -1.69. The van der Waals surface area contributed by atoms with E-state index in [1.54, 1.807) is 0 Å². The third-order valence-corrected chi connectivity index (χ3v) is 4.55. The van der Waals surface area contributed by atoms with Crippen molar-refractivity contribution in [3.63, 3.8) is 0 Å². The monoisotopic (exact) mass is 453 g/mol. The summed E-state index contributed by atoms with van der Waals surface area (Å²) in [4.78, 5) is 0.390. The first-order valence-corrected chi connectivity index (χ1v) is 9.87. The zero-order valence-electron chi connectivity index (χ0n) is 15.8. The number of nitrogens with two attached hydrogens (primary N) is 1. The lowest BCUT2D eigenvalue weighted by Gasteiger charge is -2.18. The molecule has 0 bridgehead atoms. The van der Waals surface area contributed by atoms with Crippen LogP contribution in [0.4, 0.5) is 17.6 Å². The molecule has 5 nitrogen and oxygen atoms in total. The summed E-state index contributed by atoms with van der Waals surface area (Å²) in [6.45, 7) is 1.81. The molecule has 0 heterocycles. The number of halogens is 4. The fraction of sp³-hybridized carbons (Fsp3) is 0.500. The average Bonchev–Trinajstić information content (AvgIpc) is 2.64. The highest BCUT2D eigenvalue weighted by molar-refractivity contribution is 7.84. The second-order valence-corrected chi connectivity index (χ2v) is 7.18. The minimum absolute atomic E-state index is 0.0119. The molecule has 3 unspecified atom stereocenters. The van der Waals surface area contributed by atoms with Crippen molar-refractivity contribution in [2.24, 2.45) is 11.7 Å². The molecule has 0 aliphatic rings. The Balaban J connectivity index is 2.57. The van der Waals surface area contributed by atoms with Gasteiger partial charge in [-0.2, -0.15) is 22.8 Å². The van der Waals surface area contributed by atoms with Gasteiger partial charge in [0, 0.05) is 23.2 Å². The van der Waals surface area contributed by atoms with E-state index in [1.807, 2.05) is 15.3 Å². The van der Waals surface area contributed by atoms with Gasteiger partial charge in [0.05, 0.1) is 11.5 Å². The summed E-state index contributed by atoms with van der Waals surface area (Å²) < 4.78 is 61.5. The van der Waals surface area contributed by atoms with Crippen molar-refractivity contribution in [2.45, 2.75) is 32.0 Å². The van der Waals surface area contributed by atoms with E-state index in [9.17, 15) is 17.6 Å². The minimum atomic E-state index is -4.21. The van der Waals surface area contributed by atoms with Crippen molar-refractivity contribution >= 4 is 21.9 Å². The van der Waals surface area contributed by atoms with E-state index in [2.05, 4.69) is 17.9 Å². The summed E-state index contributed by atoms with van der Waals surface area (Å²) in [5.74, 6) is -1.01. The fourth-order valence-electron chi connectivity index (χ4n) is 2.35. The van der Waals surface area contributed by atoms with Crippen LogP contribution in [0.25, 0.3) is 0 Å². The number of nitrogens with zero attached hydrogens (tertiary/aromatic N) is 1. The number of benzene rings is 1. The van der Waals surface area contributed by atoms with Crippen LogP contribution in [0.5, 0.6) is 11.5 Å². The van der Waals surface area contributed by atoms with Gasteiger partial charge in [-0.1, -0.05) is 16.2 Å². The standard InChI is InChI=1S/C18H24F4N3O2PS/c1-2-12(18(20,21)22)5-6-25-9-14(24)16(29)10-26-13-4-3-11(8-23)15(7-13)27-17(19)28/h3-4,7,12,17,25,29H,2,5-6,9-10,24,28H2,1H3/b16-14-. The van der Waals surface area contributed by atoms with Gasteiger partial charge in [-0.15, -0.1) is 12.6 Å². The molecule has 0 aliphatic heterocycles. The molecule has 0 aliphatic carbocycles. The summed E-state index contributed by atoms with van der Waals surface area (Å²) in [6.07, 6.45) is -5.89. The Morgan fingerprint density at radius 2 is 2.10 bits per heavy atom. The molecule has 0 amide bonds. The van der Waals surface area contributed by atoms with Gasteiger partial charge in [0.2, 0.25) is 6.10 Å². The lowest BCUT2D eigenvalue weighted by atomic mass is 10.0. The third kappa shape index (κ3) is 9.11. The van der Waals surface area contributed by atoms with Crippen LogP contribution < -0.4 is 20.5 Å². The average molecular weight is 453 g/mol. The van der Waals surface area contributed by atoms with Crippen molar-refractivity contribution in [3.05, 3.63) is 34.4 Å². The van der Waals surface area contributed by atoms with Crippen LogP contribution in [0, 0.1) is 17.2 Å². The Morgan fingerprint density at radius 3 is 2.66 bits per heavy atom. The van der Waals surface area contributed by atoms with Gasteiger partial charge in [0.15, 0.2) is 0 Å². The second-order valence-electron chi connectivity index (χ2n) is 6.11. The molecule has 162 valence electrons. The molecule has 0 fully saturated rings. The summed E-state index contributed by atoms with van der Waals surface area (Å²) in [5, 5.41) is 11.9. The molecule has 11 heteroatoms. The van der Waals surface area contributed by atoms with Crippen molar-refractivity contribution in [1.82, 2.24) is 5.32 Å². The highest BCUT2D eigenvalue weighted by Crippen LogP contribution is 2.31. The first-order chi connectivity index (χ1) is 13.6. The zero-order valence-corrected chi connectivity index (χ0v) is 17.8. The number of rotatable bonds is 11. The number of alkyl halides is 4. The molecule has 1 aromatic carbocycles. The molecule has 0 saturated carbocycles. The maximum absolute atomic E-state index is 13.0. The largest absolute Gasteiger partial charge is 0.488 e. The van der Waals surface area contributed by atoms with E-state index < -0.39 is 18.2 Å². The Morgan fingerprint density at radius 1 is 1.41 bits per heavy atom. The van der Waals surface area contributed by atoms with Crippen molar-refractivity contribution < 1.29 is 27.0 Å². The molecule has 29 heavy (non-hydrogen) atoms. The fourth-order valence-corrected chi connectivity index (χ4v) is 2.64. The topological polar surface area (TPSA) is 80.3 Å². The molecular weight excluding hydrogens is 429 g/mol. The van der Waals surface area contributed by atoms with E-state index in [1.165, 1.54) is 25.1 Å². The SMILES string of the molecule is CCC(CCNC/C(N)=C(/S)COc1ccc(C#N)c(OC(F)P)c1)C(F)(F)F.